The molecule has 19 heavy (non-hydrogen) atoms. The molecule has 96 valence electrons. The summed E-state index contributed by atoms with van der Waals surface area (Å²) in [4.78, 5) is 28.1. The van der Waals surface area contributed by atoms with Gasteiger partial charge in [0.15, 0.2) is 5.52 Å². The predicted molar refractivity (Wildman–Crippen MR) is 67.7 cm³/mol. The number of benzene rings is 1. The number of nitroso groups, excluding NO2 is 1. The van der Waals surface area contributed by atoms with E-state index in [1.165, 1.54) is 0 Å². The van der Waals surface area contributed by atoms with Crippen LogP contribution in [0.3, 0.4) is 0 Å². The maximum atomic E-state index is 12.2. The Balaban J connectivity index is 2.06. The van der Waals surface area contributed by atoms with Crippen molar-refractivity contribution in [2.75, 3.05) is 6.61 Å². The lowest BCUT2D eigenvalue weighted by atomic mass is 10.3. The van der Waals surface area contributed by atoms with E-state index in [-0.39, 0.29) is 18.3 Å². The van der Waals surface area contributed by atoms with Crippen LogP contribution in [0.25, 0.3) is 11.0 Å². The van der Waals surface area contributed by atoms with Gasteiger partial charge in [-0.3, -0.25) is 0 Å². The normalized spacial score (nSPS) is 14.2. The van der Waals surface area contributed by atoms with E-state index in [9.17, 15) is 9.70 Å². The lowest BCUT2D eigenvalue weighted by molar-refractivity contribution is -0.418. The summed E-state index contributed by atoms with van der Waals surface area (Å²) < 4.78 is 7.15. The maximum Gasteiger partial charge on any atom is 0.441 e. The number of carbonyl (C=O) groups is 1. The number of ether oxygens (including phenoxy) is 1. The lowest BCUT2D eigenvalue weighted by Gasteiger charge is -2.08. The van der Waals surface area contributed by atoms with Gasteiger partial charge in [-0.1, -0.05) is 22.0 Å². The van der Waals surface area contributed by atoms with E-state index in [4.69, 9.17) is 4.74 Å². The Labute approximate surface area is 108 Å². The van der Waals surface area contributed by atoms with E-state index in [1.807, 2.05) is 24.3 Å². The first kappa shape index (κ1) is 11.6. The number of imidazole rings is 1. The first-order chi connectivity index (χ1) is 9.22. The molecule has 1 aromatic heterocycles. The van der Waals surface area contributed by atoms with E-state index in [0.717, 1.165) is 11.0 Å². The molecule has 0 unspecified atom stereocenters. The Hall–Kier alpha value is -2.50. The highest BCUT2D eigenvalue weighted by atomic mass is 16.5. The zero-order valence-electron chi connectivity index (χ0n) is 10.4. The number of nitrogens with zero attached hydrogens (tertiary/aromatic N) is 3. The summed E-state index contributed by atoms with van der Waals surface area (Å²) in [6.07, 6.45) is 1.56. The Morgan fingerprint density at radius 3 is 3.05 bits per heavy atom. The molecule has 0 saturated heterocycles. The number of fused-ring (bicyclic) bond motifs is 3. The Morgan fingerprint density at radius 2 is 2.26 bits per heavy atom. The summed E-state index contributed by atoms with van der Waals surface area (Å²) in [5, 5.41) is 0. The van der Waals surface area contributed by atoms with Gasteiger partial charge in [-0.2, -0.15) is 0 Å². The fourth-order valence-corrected chi connectivity index (χ4v) is 2.14. The highest BCUT2D eigenvalue weighted by Gasteiger charge is 2.35. The quantitative estimate of drug-likeness (QED) is 0.609. The van der Waals surface area contributed by atoms with Crippen molar-refractivity contribution < 1.29 is 14.3 Å². The average Bonchev–Trinajstić information content (AvgIpc) is 2.79. The second-order valence-corrected chi connectivity index (χ2v) is 4.12. The van der Waals surface area contributed by atoms with Crippen LogP contribution in [0.4, 0.5) is 5.95 Å². The predicted octanol–water partition coefficient (Wildman–Crippen LogP) is 1.91. The van der Waals surface area contributed by atoms with Gasteiger partial charge in [0.1, 0.15) is 5.52 Å². The van der Waals surface area contributed by atoms with Gasteiger partial charge in [0, 0.05) is 10.8 Å². The zero-order chi connectivity index (χ0) is 13.4. The Bertz CT molecular complexity index is 715. The molecular weight excluding hydrogens is 246 g/mol. The summed E-state index contributed by atoms with van der Waals surface area (Å²) in [6, 6.07) is 7.47. The Morgan fingerprint density at radius 1 is 1.47 bits per heavy atom. The second-order valence-electron chi connectivity index (χ2n) is 4.12. The number of aromatic nitrogens is 2. The monoisotopic (exact) mass is 258 g/mol. The van der Waals surface area contributed by atoms with Crippen LogP contribution < -0.4 is 0 Å². The van der Waals surface area contributed by atoms with Crippen LogP contribution >= 0.6 is 0 Å². The maximum absolute atomic E-state index is 12.2. The van der Waals surface area contributed by atoms with Gasteiger partial charge in [0.25, 0.3) is 0 Å². The van der Waals surface area contributed by atoms with Gasteiger partial charge in [-0.15, -0.1) is 0 Å². The van der Waals surface area contributed by atoms with Gasteiger partial charge in [0.2, 0.25) is 5.70 Å². The molecule has 0 amide bonds. The lowest BCUT2D eigenvalue weighted by Crippen LogP contribution is -2.22. The minimum atomic E-state index is -0.615. The molecule has 0 fully saturated rings. The molecule has 1 aliphatic heterocycles. The van der Waals surface area contributed by atoms with Gasteiger partial charge in [-0.25, -0.2) is 9.36 Å². The molecule has 0 spiro atoms. The van der Waals surface area contributed by atoms with E-state index in [1.54, 1.807) is 17.6 Å². The van der Waals surface area contributed by atoms with E-state index in [0.29, 0.717) is 11.3 Å². The summed E-state index contributed by atoms with van der Waals surface area (Å²) in [5.74, 6) is -0.400. The van der Waals surface area contributed by atoms with Crippen LogP contribution in [0.5, 0.6) is 0 Å². The van der Waals surface area contributed by atoms with Gasteiger partial charge in [-0.05, 0) is 19.1 Å². The minimum Gasteiger partial charge on any atom is -0.460 e. The number of rotatable bonds is 2. The van der Waals surface area contributed by atoms with Crippen LogP contribution in [-0.2, 0) is 16.1 Å². The van der Waals surface area contributed by atoms with E-state index in [2.05, 4.69) is 4.98 Å². The van der Waals surface area contributed by atoms with Crippen LogP contribution in [0.2, 0.25) is 0 Å². The number of esters is 1. The molecule has 0 bridgehead atoms. The molecule has 0 aliphatic carbocycles. The topological polar surface area (TPSA) is 64.2 Å². The third-order valence-electron chi connectivity index (χ3n) is 2.99. The molecule has 0 N–H and O–H groups in total. The number of allylic oxidation sites excluding steroid dienone is 1. The van der Waals surface area contributed by atoms with Crippen LogP contribution in [0.1, 0.15) is 6.92 Å². The molecule has 6 heteroatoms. The van der Waals surface area contributed by atoms with Gasteiger partial charge in [0.05, 0.1) is 13.2 Å². The number of hydrogen-bond acceptors (Lipinski definition) is 4. The molecule has 2 aromatic rings. The van der Waals surface area contributed by atoms with Crippen molar-refractivity contribution >= 4 is 23.0 Å². The van der Waals surface area contributed by atoms with Crippen molar-refractivity contribution in [1.82, 2.24) is 9.55 Å². The number of carbonyl (C=O) groups excluding carboxylic acids is 1. The third-order valence-corrected chi connectivity index (χ3v) is 2.99. The summed E-state index contributed by atoms with van der Waals surface area (Å²) in [5.41, 5.74) is 1.60. The summed E-state index contributed by atoms with van der Waals surface area (Å²) >= 11 is 0. The smallest absolute Gasteiger partial charge is 0.441 e. The van der Waals surface area contributed by atoms with Crippen molar-refractivity contribution in [2.24, 2.45) is 0 Å². The summed E-state index contributed by atoms with van der Waals surface area (Å²) in [6.45, 7) is 2.37. The average molecular weight is 258 g/mol. The second kappa shape index (κ2) is 4.31. The SMILES string of the molecule is CCOC(=O)C1=CCn2c(nc3ccccc32)[N+]1=O. The molecule has 1 aliphatic rings. The third kappa shape index (κ3) is 1.72. The first-order valence-corrected chi connectivity index (χ1v) is 6.02. The first-order valence-electron chi connectivity index (χ1n) is 6.02. The van der Waals surface area contributed by atoms with Crippen LogP contribution in [-0.4, -0.2) is 26.9 Å². The van der Waals surface area contributed by atoms with Crippen molar-refractivity contribution in [2.45, 2.75) is 13.5 Å². The van der Waals surface area contributed by atoms with Crippen molar-refractivity contribution in [1.29, 1.82) is 0 Å². The molecule has 3 rings (SSSR count). The molecule has 0 saturated carbocycles. The van der Waals surface area contributed by atoms with Gasteiger partial charge < -0.3 is 4.74 Å². The van der Waals surface area contributed by atoms with Crippen molar-refractivity contribution in [3.63, 3.8) is 0 Å². The largest absolute Gasteiger partial charge is 0.460 e. The minimum absolute atomic E-state index is 0.00958. The highest BCUT2D eigenvalue weighted by molar-refractivity contribution is 5.87. The number of para-hydroxylation sites is 2. The molecule has 1 aromatic carbocycles. The van der Waals surface area contributed by atoms with E-state index < -0.39 is 5.97 Å². The fraction of sp³-hybridized carbons (Fsp3) is 0.231. The molecular formula is C13H12N3O3+. The Kier molecular flexibility index (Phi) is 2.63. The molecule has 0 atom stereocenters. The molecule has 2 heterocycles. The zero-order valence-corrected chi connectivity index (χ0v) is 10.4. The van der Waals surface area contributed by atoms with E-state index >= 15 is 0 Å². The van der Waals surface area contributed by atoms with Crippen LogP contribution in [0, 0.1) is 4.91 Å². The highest BCUT2D eigenvalue weighted by Crippen LogP contribution is 2.27. The summed E-state index contributed by atoms with van der Waals surface area (Å²) in [7, 11) is 0. The van der Waals surface area contributed by atoms with Gasteiger partial charge >= 0.3 is 11.9 Å². The van der Waals surface area contributed by atoms with Crippen molar-refractivity contribution in [3.05, 3.63) is 40.9 Å². The molecule has 6 nitrogen and oxygen atoms in total. The molecule has 0 radical (unpaired) electrons. The van der Waals surface area contributed by atoms with Crippen molar-refractivity contribution in [3.8, 4) is 0 Å². The standard InChI is InChI=1S/C13H12N3O3/c1-2-19-12(17)11-7-8-15-10-6-4-3-5-9(10)14-13(15)16(11)18/h3-7H,2,8H2,1H3/q+1. The van der Waals surface area contributed by atoms with Crippen LogP contribution in [0.15, 0.2) is 36.0 Å². The fourth-order valence-electron chi connectivity index (χ4n) is 2.14. The number of hydrogen-bond donors (Lipinski definition) is 0.